The van der Waals surface area contributed by atoms with Gasteiger partial charge in [-0.25, -0.2) is 0 Å². The van der Waals surface area contributed by atoms with E-state index in [0.717, 1.165) is 65.2 Å². The second-order valence-electron chi connectivity index (χ2n) is 5.39. The molecule has 5 nitrogen and oxygen atoms in total. The molecule has 1 fully saturated rings. The smallest absolute Gasteiger partial charge is 0.193 e. The molecular formula is C14H24N4O. The monoisotopic (exact) mass is 264 g/mol. The average Bonchev–Trinajstić information content (AvgIpc) is 3.22. The molecule has 0 amide bonds. The first-order valence-corrected chi connectivity index (χ1v) is 7.10. The lowest BCUT2D eigenvalue weighted by molar-refractivity contribution is 0.0343. The van der Waals surface area contributed by atoms with Crippen LogP contribution in [0.3, 0.4) is 0 Å². The summed E-state index contributed by atoms with van der Waals surface area (Å²) in [5.41, 5.74) is -0.139. The van der Waals surface area contributed by atoms with Gasteiger partial charge in [-0.1, -0.05) is 0 Å². The van der Waals surface area contributed by atoms with Gasteiger partial charge in [0.2, 0.25) is 0 Å². The molecule has 2 rings (SSSR count). The van der Waals surface area contributed by atoms with Crippen molar-refractivity contribution in [2.75, 3.05) is 53.0 Å². The number of rotatable bonds is 8. The molecule has 2 aliphatic heterocycles. The molecule has 0 radical (unpaired) electrons. The minimum atomic E-state index is -0.139. The van der Waals surface area contributed by atoms with Gasteiger partial charge in [-0.15, -0.1) is 12.3 Å². The molecule has 0 unspecified atom stereocenters. The Morgan fingerprint density at radius 2 is 2.00 bits per heavy atom. The number of morpholine rings is 1. The SMILES string of the molecule is C#CCCC1(CCN(C)CCN2CCOCC2)N=N1. The zero-order valence-electron chi connectivity index (χ0n) is 11.8. The fraction of sp³-hybridized carbons (Fsp3) is 0.857. The first-order chi connectivity index (χ1) is 9.24. The van der Waals surface area contributed by atoms with Crippen LogP contribution >= 0.6 is 0 Å². The molecule has 0 aromatic carbocycles. The number of terminal acetylenes is 1. The van der Waals surface area contributed by atoms with Crippen molar-refractivity contribution in [1.82, 2.24) is 9.80 Å². The van der Waals surface area contributed by atoms with E-state index in [-0.39, 0.29) is 5.66 Å². The fourth-order valence-electron chi connectivity index (χ4n) is 2.29. The minimum Gasteiger partial charge on any atom is -0.379 e. The van der Waals surface area contributed by atoms with Crippen LogP contribution in [0.15, 0.2) is 10.2 Å². The van der Waals surface area contributed by atoms with Gasteiger partial charge >= 0.3 is 0 Å². The Morgan fingerprint density at radius 3 is 2.63 bits per heavy atom. The molecule has 1 saturated heterocycles. The van der Waals surface area contributed by atoms with E-state index in [9.17, 15) is 0 Å². The predicted octanol–water partition coefficient (Wildman–Crippen LogP) is 1.22. The predicted molar refractivity (Wildman–Crippen MR) is 75.0 cm³/mol. The van der Waals surface area contributed by atoms with Crippen molar-refractivity contribution in [2.45, 2.75) is 24.9 Å². The molecule has 2 aliphatic rings. The van der Waals surface area contributed by atoms with Crippen molar-refractivity contribution < 1.29 is 4.74 Å². The van der Waals surface area contributed by atoms with Crippen LogP contribution in [0.2, 0.25) is 0 Å². The van der Waals surface area contributed by atoms with E-state index in [1.165, 1.54) is 0 Å². The zero-order valence-corrected chi connectivity index (χ0v) is 11.8. The van der Waals surface area contributed by atoms with E-state index in [2.05, 4.69) is 33.0 Å². The molecule has 0 bridgehead atoms. The van der Waals surface area contributed by atoms with Crippen molar-refractivity contribution in [3.05, 3.63) is 0 Å². The van der Waals surface area contributed by atoms with E-state index in [1.54, 1.807) is 0 Å². The maximum atomic E-state index is 5.35. The highest BCUT2D eigenvalue weighted by Gasteiger charge is 2.38. The second-order valence-corrected chi connectivity index (χ2v) is 5.39. The number of ether oxygens (including phenoxy) is 1. The van der Waals surface area contributed by atoms with Crippen LogP contribution in [0.25, 0.3) is 0 Å². The van der Waals surface area contributed by atoms with Crippen molar-refractivity contribution in [1.29, 1.82) is 0 Å². The summed E-state index contributed by atoms with van der Waals surface area (Å²) >= 11 is 0. The third-order valence-electron chi connectivity index (χ3n) is 3.85. The summed E-state index contributed by atoms with van der Waals surface area (Å²) in [5, 5.41) is 8.34. The summed E-state index contributed by atoms with van der Waals surface area (Å²) in [6.07, 6.45) is 7.96. The van der Waals surface area contributed by atoms with Crippen LogP contribution in [-0.2, 0) is 4.74 Å². The molecule has 2 heterocycles. The number of nitrogens with zero attached hydrogens (tertiary/aromatic N) is 4. The Hall–Kier alpha value is -0.960. The van der Waals surface area contributed by atoms with Gasteiger partial charge in [0.15, 0.2) is 5.66 Å². The molecular weight excluding hydrogens is 240 g/mol. The Morgan fingerprint density at radius 1 is 1.26 bits per heavy atom. The van der Waals surface area contributed by atoms with Gasteiger partial charge in [0.1, 0.15) is 0 Å². The number of hydrogen-bond donors (Lipinski definition) is 0. The minimum absolute atomic E-state index is 0.139. The summed E-state index contributed by atoms with van der Waals surface area (Å²) in [6.45, 7) is 7.10. The normalized spacial score (nSPS) is 21.5. The molecule has 19 heavy (non-hydrogen) atoms. The topological polar surface area (TPSA) is 40.4 Å². The molecule has 0 aromatic heterocycles. The largest absolute Gasteiger partial charge is 0.379 e. The van der Waals surface area contributed by atoms with E-state index in [1.807, 2.05) is 0 Å². The Labute approximate surface area is 116 Å². The Kier molecular flexibility index (Phi) is 5.32. The van der Waals surface area contributed by atoms with Gasteiger partial charge in [0, 0.05) is 52.0 Å². The van der Waals surface area contributed by atoms with Gasteiger partial charge in [0.05, 0.1) is 13.2 Å². The molecule has 0 atom stereocenters. The lowest BCUT2D eigenvalue weighted by atomic mass is 10.0. The van der Waals surface area contributed by atoms with Gasteiger partial charge in [-0.3, -0.25) is 4.90 Å². The molecule has 0 aliphatic carbocycles. The second kappa shape index (κ2) is 6.99. The van der Waals surface area contributed by atoms with E-state index < -0.39 is 0 Å². The summed E-state index contributed by atoms with van der Waals surface area (Å²) in [5.74, 6) is 2.67. The Bertz CT molecular complexity index is 338. The maximum absolute atomic E-state index is 5.35. The van der Waals surface area contributed by atoms with Crippen LogP contribution in [0.4, 0.5) is 0 Å². The van der Waals surface area contributed by atoms with E-state index >= 15 is 0 Å². The molecule has 106 valence electrons. The first-order valence-electron chi connectivity index (χ1n) is 7.10. The summed E-state index contributed by atoms with van der Waals surface area (Å²) in [6, 6.07) is 0. The van der Waals surface area contributed by atoms with Crippen LogP contribution in [0, 0.1) is 12.3 Å². The molecule has 0 spiro atoms. The van der Waals surface area contributed by atoms with Crippen LogP contribution in [-0.4, -0.2) is 68.4 Å². The fourth-order valence-corrected chi connectivity index (χ4v) is 2.29. The number of hydrogen-bond acceptors (Lipinski definition) is 5. The van der Waals surface area contributed by atoms with Gasteiger partial charge in [0.25, 0.3) is 0 Å². The summed E-state index contributed by atoms with van der Waals surface area (Å²) < 4.78 is 5.35. The van der Waals surface area contributed by atoms with Crippen molar-refractivity contribution in [2.24, 2.45) is 10.2 Å². The molecule has 0 saturated carbocycles. The van der Waals surface area contributed by atoms with Gasteiger partial charge in [-0.05, 0) is 7.05 Å². The van der Waals surface area contributed by atoms with Gasteiger partial charge in [-0.2, -0.15) is 10.2 Å². The molecule has 0 N–H and O–H groups in total. The Balaban J connectivity index is 1.57. The lowest BCUT2D eigenvalue weighted by Crippen LogP contribution is -2.41. The van der Waals surface area contributed by atoms with Crippen molar-refractivity contribution >= 4 is 0 Å². The first kappa shape index (κ1) is 14.4. The highest BCUT2D eigenvalue weighted by atomic mass is 16.5. The third kappa shape index (κ3) is 4.90. The van der Waals surface area contributed by atoms with Crippen LogP contribution in [0.5, 0.6) is 0 Å². The highest BCUT2D eigenvalue weighted by Crippen LogP contribution is 2.36. The third-order valence-corrected chi connectivity index (χ3v) is 3.85. The standard InChI is InChI=1S/C14H24N4O/c1-3-4-5-14(15-16-14)6-7-17(2)8-9-18-10-12-19-13-11-18/h1H,4-13H2,2H3. The average molecular weight is 264 g/mol. The van der Waals surface area contributed by atoms with Gasteiger partial charge < -0.3 is 9.64 Å². The molecule has 5 heteroatoms. The molecule has 0 aromatic rings. The van der Waals surface area contributed by atoms with Crippen molar-refractivity contribution in [3.63, 3.8) is 0 Å². The number of likely N-dealkylation sites (N-methyl/N-ethyl adjacent to an activating group) is 1. The van der Waals surface area contributed by atoms with Crippen LogP contribution < -0.4 is 0 Å². The quantitative estimate of drug-likeness (QED) is 0.619. The summed E-state index contributed by atoms with van der Waals surface area (Å²) in [4.78, 5) is 4.82. The zero-order chi connectivity index (χ0) is 13.6. The lowest BCUT2D eigenvalue weighted by Gasteiger charge is -2.28. The maximum Gasteiger partial charge on any atom is 0.193 e. The van der Waals surface area contributed by atoms with E-state index in [0.29, 0.717) is 0 Å². The highest BCUT2D eigenvalue weighted by molar-refractivity contribution is 4.98. The van der Waals surface area contributed by atoms with Crippen molar-refractivity contribution in [3.8, 4) is 12.3 Å². The van der Waals surface area contributed by atoms with E-state index in [4.69, 9.17) is 11.2 Å². The van der Waals surface area contributed by atoms with Crippen LogP contribution in [0.1, 0.15) is 19.3 Å². The summed E-state index contributed by atoms with van der Waals surface area (Å²) in [7, 11) is 2.16.